The van der Waals surface area contributed by atoms with Crippen molar-refractivity contribution in [1.29, 1.82) is 0 Å². The van der Waals surface area contributed by atoms with Gasteiger partial charge in [0.05, 0.1) is 22.8 Å². The van der Waals surface area contributed by atoms with E-state index in [1.807, 2.05) is 24.1 Å². The number of likely N-dealkylation sites (N-methyl/N-ethyl adjacent to an activating group) is 1. The van der Waals surface area contributed by atoms with E-state index < -0.39 is 0 Å². The highest BCUT2D eigenvalue weighted by Crippen LogP contribution is 2.34. The Morgan fingerprint density at radius 1 is 1.00 bits per heavy atom. The lowest BCUT2D eigenvalue weighted by Crippen LogP contribution is -2.33. The van der Waals surface area contributed by atoms with Crippen molar-refractivity contribution in [3.8, 4) is 17.2 Å². The van der Waals surface area contributed by atoms with Crippen molar-refractivity contribution >= 4 is 34.8 Å². The number of rotatable bonds is 9. The molecule has 0 radical (unpaired) electrons. The number of nitrogens with one attached hydrogen (secondary N) is 2. The van der Waals surface area contributed by atoms with E-state index in [0.29, 0.717) is 52.4 Å². The van der Waals surface area contributed by atoms with Gasteiger partial charge in [-0.25, -0.2) is 0 Å². The van der Waals surface area contributed by atoms with Gasteiger partial charge >= 0.3 is 0 Å². The van der Waals surface area contributed by atoms with E-state index >= 15 is 0 Å². The number of hydrogen-bond donors (Lipinski definition) is 2. The summed E-state index contributed by atoms with van der Waals surface area (Å²) < 4.78 is 16.3. The van der Waals surface area contributed by atoms with Crippen molar-refractivity contribution in [2.24, 2.45) is 0 Å². The van der Waals surface area contributed by atoms with Gasteiger partial charge in [0.1, 0.15) is 12.4 Å². The van der Waals surface area contributed by atoms with Crippen LogP contribution in [-0.4, -0.2) is 50.3 Å². The highest BCUT2D eigenvalue weighted by Gasteiger charge is 2.17. The molecule has 0 unspecified atom stereocenters. The van der Waals surface area contributed by atoms with Gasteiger partial charge in [0.25, 0.3) is 5.91 Å². The molecule has 0 atom stereocenters. The molecule has 2 amide bonds. The molecule has 0 aliphatic carbocycles. The quantitative estimate of drug-likeness (QED) is 0.474. The number of fused-ring (bicyclic) bond motifs is 1. The van der Waals surface area contributed by atoms with Gasteiger partial charge in [-0.2, -0.15) is 0 Å². The third kappa shape index (κ3) is 5.98. The number of halogens is 1. The zero-order valence-corrected chi connectivity index (χ0v) is 19.3. The maximum absolute atomic E-state index is 12.9. The lowest BCUT2D eigenvalue weighted by atomic mass is 10.1. The molecule has 0 saturated heterocycles. The van der Waals surface area contributed by atoms with Crippen LogP contribution in [0.3, 0.4) is 0 Å². The molecule has 1 heterocycles. The van der Waals surface area contributed by atoms with Gasteiger partial charge in [0.15, 0.2) is 11.5 Å². The van der Waals surface area contributed by atoms with Crippen LogP contribution in [0.5, 0.6) is 17.2 Å². The first-order valence-corrected chi connectivity index (χ1v) is 11.0. The smallest absolute Gasteiger partial charge is 0.257 e. The second-order valence-electron chi connectivity index (χ2n) is 7.63. The molecule has 4 rings (SSSR count). The Labute approximate surface area is 202 Å². The number of benzene rings is 3. The number of ether oxygens (including phenoxy) is 3. The molecule has 1 aliphatic heterocycles. The first-order chi connectivity index (χ1) is 16.5. The molecular formula is C25H24ClN3O5. The standard InChI is InChI=1S/C25H24ClN3O5/c1-29(12-13-32-21-9-5-3-7-19(21)26)15-24(30)28-20-8-4-2-6-18(20)25(31)27-17-10-11-22-23(14-17)34-16-33-22/h2-11,14H,12-13,15-16H2,1H3,(H,27,31)(H,28,30). The number of carbonyl (C=O) groups is 2. The van der Waals surface area contributed by atoms with E-state index in [1.54, 1.807) is 54.6 Å². The lowest BCUT2D eigenvalue weighted by Gasteiger charge is -2.18. The second kappa shape index (κ2) is 10.9. The van der Waals surface area contributed by atoms with Crippen LogP contribution < -0.4 is 24.8 Å². The maximum Gasteiger partial charge on any atom is 0.257 e. The van der Waals surface area contributed by atoms with Crippen molar-refractivity contribution in [2.75, 3.05) is 44.2 Å². The zero-order chi connectivity index (χ0) is 23.9. The first kappa shape index (κ1) is 23.4. The van der Waals surface area contributed by atoms with Crippen LogP contribution >= 0.6 is 11.6 Å². The Morgan fingerprint density at radius 2 is 1.76 bits per heavy atom. The van der Waals surface area contributed by atoms with E-state index in [0.717, 1.165) is 0 Å². The molecular weight excluding hydrogens is 458 g/mol. The van der Waals surface area contributed by atoms with Gasteiger partial charge in [-0.1, -0.05) is 35.9 Å². The molecule has 1 aliphatic rings. The molecule has 3 aromatic carbocycles. The second-order valence-corrected chi connectivity index (χ2v) is 8.04. The van der Waals surface area contributed by atoms with Crippen molar-refractivity contribution in [1.82, 2.24) is 4.90 Å². The minimum atomic E-state index is -0.351. The van der Waals surface area contributed by atoms with Crippen molar-refractivity contribution in [3.05, 3.63) is 77.3 Å². The van der Waals surface area contributed by atoms with E-state index in [-0.39, 0.29) is 25.2 Å². The minimum absolute atomic E-state index is 0.129. The van der Waals surface area contributed by atoms with E-state index in [1.165, 1.54) is 0 Å². The van der Waals surface area contributed by atoms with Gasteiger partial charge in [0, 0.05) is 18.3 Å². The summed E-state index contributed by atoms with van der Waals surface area (Å²) >= 11 is 6.08. The largest absolute Gasteiger partial charge is 0.491 e. The topological polar surface area (TPSA) is 89.1 Å². The average Bonchev–Trinajstić information content (AvgIpc) is 3.28. The SMILES string of the molecule is CN(CCOc1ccccc1Cl)CC(=O)Nc1ccccc1C(=O)Nc1ccc2c(c1)OCO2. The third-order valence-corrected chi connectivity index (χ3v) is 5.37. The van der Waals surface area contributed by atoms with Crippen LogP contribution in [0, 0.1) is 0 Å². The molecule has 2 N–H and O–H groups in total. The van der Waals surface area contributed by atoms with Gasteiger partial charge in [-0.15, -0.1) is 0 Å². The minimum Gasteiger partial charge on any atom is -0.491 e. The van der Waals surface area contributed by atoms with Gasteiger partial charge in [-0.3, -0.25) is 14.5 Å². The zero-order valence-electron chi connectivity index (χ0n) is 18.5. The number of anilines is 2. The maximum atomic E-state index is 12.9. The van der Waals surface area contributed by atoms with Crippen LogP contribution in [0.25, 0.3) is 0 Å². The van der Waals surface area contributed by atoms with Crippen molar-refractivity contribution < 1.29 is 23.8 Å². The molecule has 34 heavy (non-hydrogen) atoms. The molecule has 0 aromatic heterocycles. The Hall–Kier alpha value is -3.75. The van der Waals surface area contributed by atoms with E-state index in [4.69, 9.17) is 25.8 Å². The summed E-state index contributed by atoms with van der Waals surface area (Å²) in [6.45, 7) is 1.18. The summed E-state index contributed by atoms with van der Waals surface area (Å²) in [5.41, 5.74) is 1.33. The number of carbonyl (C=O) groups excluding carboxylic acids is 2. The van der Waals surface area contributed by atoms with Gasteiger partial charge < -0.3 is 24.8 Å². The number of amides is 2. The summed E-state index contributed by atoms with van der Waals surface area (Å²) in [5, 5.41) is 6.19. The summed E-state index contributed by atoms with van der Waals surface area (Å²) in [6.07, 6.45) is 0. The van der Waals surface area contributed by atoms with E-state index in [9.17, 15) is 9.59 Å². The van der Waals surface area contributed by atoms with Gasteiger partial charge in [-0.05, 0) is 43.4 Å². The third-order valence-electron chi connectivity index (χ3n) is 5.06. The van der Waals surface area contributed by atoms with Crippen LogP contribution in [0.1, 0.15) is 10.4 Å². The fourth-order valence-corrected chi connectivity index (χ4v) is 3.54. The summed E-state index contributed by atoms with van der Waals surface area (Å²) in [6, 6.07) is 19.2. The van der Waals surface area contributed by atoms with Crippen LogP contribution in [-0.2, 0) is 4.79 Å². The molecule has 0 bridgehead atoms. The molecule has 176 valence electrons. The van der Waals surface area contributed by atoms with Crippen molar-refractivity contribution in [3.63, 3.8) is 0 Å². The highest BCUT2D eigenvalue weighted by atomic mass is 35.5. The van der Waals surface area contributed by atoms with Crippen molar-refractivity contribution in [2.45, 2.75) is 0 Å². The predicted octanol–water partition coefficient (Wildman–Crippen LogP) is 4.27. The molecule has 3 aromatic rings. The Kier molecular flexibility index (Phi) is 7.51. The predicted molar refractivity (Wildman–Crippen MR) is 130 cm³/mol. The Bertz CT molecular complexity index is 1190. The summed E-state index contributed by atoms with van der Waals surface area (Å²) in [7, 11) is 1.81. The summed E-state index contributed by atoms with van der Waals surface area (Å²) in [5.74, 6) is 1.21. The number of para-hydroxylation sites is 2. The van der Waals surface area contributed by atoms with Gasteiger partial charge in [0.2, 0.25) is 12.7 Å². The molecule has 0 saturated carbocycles. The highest BCUT2D eigenvalue weighted by molar-refractivity contribution is 6.32. The molecule has 0 spiro atoms. The Balaban J connectivity index is 1.31. The lowest BCUT2D eigenvalue weighted by molar-refractivity contribution is -0.117. The number of nitrogens with zero attached hydrogens (tertiary/aromatic N) is 1. The Morgan fingerprint density at radius 3 is 2.62 bits per heavy atom. The van der Waals surface area contributed by atoms with Crippen LogP contribution in [0.4, 0.5) is 11.4 Å². The summed E-state index contributed by atoms with van der Waals surface area (Å²) in [4.78, 5) is 27.3. The fraction of sp³-hybridized carbons (Fsp3) is 0.200. The molecule has 8 nitrogen and oxygen atoms in total. The first-order valence-electron chi connectivity index (χ1n) is 10.7. The van der Waals surface area contributed by atoms with Crippen LogP contribution in [0.2, 0.25) is 5.02 Å². The van der Waals surface area contributed by atoms with E-state index in [2.05, 4.69) is 10.6 Å². The average molecular weight is 482 g/mol. The number of hydrogen-bond acceptors (Lipinski definition) is 6. The fourth-order valence-electron chi connectivity index (χ4n) is 3.35. The molecule has 0 fully saturated rings. The molecule has 9 heteroatoms. The van der Waals surface area contributed by atoms with Crippen LogP contribution in [0.15, 0.2) is 66.7 Å². The normalized spacial score (nSPS) is 11.9. The monoisotopic (exact) mass is 481 g/mol.